The van der Waals surface area contributed by atoms with Crippen LogP contribution in [0.5, 0.6) is 0 Å². The second-order valence-corrected chi connectivity index (χ2v) is 9.79. The molecule has 0 saturated carbocycles. The highest BCUT2D eigenvalue weighted by Crippen LogP contribution is 2.38. The number of nitrogens with one attached hydrogen (secondary N) is 2. The maximum atomic E-state index is 15.7. The molecule has 33 heavy (non-hydrogen) atoms. The van der Waals surface area contributed by atoms with E-state index in [1.807, 2.05) is 4.90 Å². The molecule has 2 amide bonds. The predicted molar refractivity (Wildman–Crippen MR) is 121 cm³/mol. The van der Waals surface area contributed by atoms with Gasteiger partial charge in [-0.05, 0) is 69.5 Å². The molecule has 3 saturated heterocycles. The largest absolute Gasteiger partial charge is 0.367 e. The Morgan fingerprint density at radius 1 is 1.06 bits per heavy atom. The molecule has 2 N–H and O–H groups in total. The van der Waals surface area contributed by atoms with Gasteiger partial charge in [-0.3, -0.25) is 19.6 Å². The zero-order chi connectivity index (χ0) is 23.1. The summed E-state index contributed by atoms with van der Waals surface area (Å²) in [5.74, 6) is -1.38. The van der Waals surface area contributed by atoms with Gasteiger partial charge in [-0.25, -0.2) is 8.78 Å². The van der Waals surface area contributed by atoms with Crippen molar-refractivity contribution in [2.45, 2.75) is 50.9 Å². The number of benzene rings is 1. The molecule has 1 aromatic heterocycles. The Hall–Kier alpha value is -2.55. The molecule has 2 aromatic rings. The first-order valence-electron chi connectivity index (χ1n) is 12.1. The van der Waals surface area contributed by atoms with Gasteiger partial charge in [-0.2, -0.15) is 5.10 Å². The van der Waals surface area contributed by atoms with Gasteiger partial charge in [-0.1, -0.05) is 0 Å². The summed E-state index contributed by atoms with van der Waals surface area (Å²) in [5.41, 5.74) is 0.520. The molecule has 9 heteroatoms. The third-order valence-electron chi connectivity index (χ3n) is 7.65. The van der Waals surface area contributed by atoms with Crippen molar-refractivity contribution in [3.8, 4) is 0 Å². The molecule has 3 fully saturated rings. The lowest BCUT2D eigenvalue weighted by molar-refractivity contribution is -0.134. The lowest BCUT2D eigenvalue weighted by Crippen LogP contribution is -2.39. The topological polar surface area (TPSA) is 79.3 Å². The molecule has 3 aliphatic heterocycles. The van der Waals surface area contributed by atoms with Crippen LogP contribution in [0, 0.1) is 23.5 Å². The molecule has 1 aromatic carbocycles. The summed E-state index contributed by atoms with van der Waals surface area (Å²) >= 11 is 0. The Balaban J connectivity index is 1.37. The van der Waals surface area contributed by atoms with Gasteiger partial charge in [-0.15, -0.1) is 0 Å². The van der Waals surface area contributed by atoms with E-state index in [9.17, 15) is 9.59 Å². The number of carbonyl (C=O) groups is 2. The Morgan fingerprint density at radius 2 is 1.76 bits per heavy atom. The SMILES string of the molecule is Cn1nc(C2CCC(=O)NC2=O)c2cc(F)c(N3CCC(CC4CCNCC4)CC3)c(F)c21. The van der Waals surface area contributed by atoms with Crippen LogP contribution in [0.25, 0.3) is 10.9 Å². The summed E-state index contributed by atoms with van der Waals surface area (Å²) in [6.45, 7) is 3.44. The average molecular weight is 460 g/mol. The Labute approximate surface area is 191 Å². The van der Waals surface area contributed by atoms with Crippen molar-refractivity contribution >= 4 is 28.4 Å². The number of fused-ring (bicyclic) bond motifs is 1. The Bertz CT molecular complexity index is 1070. The fraction of sp³-hybridized carbons (Fsp3) is 0.625. The molecule has 1 atom stereocenters. The molecule has 7 nitrogen and oxygen atoms in total. The van der Waals surface area contributed by atoms with Gasteiger partial charge in [0.1, 0.15) is 17.0 Å². The number of anilines is 1. The molecular weight excluding hydrogens is 428 g/mol. The van der Waals surface area contributed by atoms with Crippen LogP contribution in [-0.4, -0.2) is 47.8 Å². The van der Waals surface area contributed by atoms with E-state index in [4.69, 9.17) is 0 Å². The van der Waals surface area contributed by atoms with Crippen LogP contribution in [0.1, 0.15) is 56.6 Å². The number of hydrogen-bond donors (Lipinski definition) is 2. The van der Waals surface area contributed by atoms with E-state index in [0.29, 0.717) is 30.1 Å². The number of halogens is 2. The maximum absolute atomic E-state index is 15.7. The Kier molecular flexibility index (Phi) is 6.07. The molecule has 0 radical (unpaired) electrons. The second-order valence-electron chi connectivity index (χ2n) is 9.79. The van der Waals surface area contributed by atoms with Crippen molar-refractivity contribution < 1.29 is 18.4 Å². The summed E-state index contributed by atoms with van der Waals surface area (Å²) < 4.78 is 32.3. The number of nitrogens with zero attached hydrogens (tertiary/aromatic N) is 3. The second kappa shape index (κ2) is 9.00. The van der Waals surface area contributed by atoms with Gasteiger partial charge < -0.3 is 10.2 Å². The minimum Gasteiger partial charge on any atom is -0.367 e. The third kappa shape index (κ3) is 4.23. The molecule has 4 heterocycles. The van der Waals surface area contributed by atoms with E-state index in [2.05, 4.69) is 15.7 Å². The van der Waals surface area contributed by atoms with Crippen LogP contribution in [0.15, 0.2) is 6.07 Å². The summed E-state index contributed by atoms with van der Waals surface area (Å²) in [4.78, 5) is 25.7. The number of amides is 2. The first-order valence-corrected chi connectivity index (χ1v) is 12.1. The summed E-state index contributed by atoms with van der Waals surface area (Å²) in [6, 6.07) is 1.31. The molecule has 0 aliphatic carbocycles. The van der Waals surface area contributed by atoms with Gasteiger partial charge >= 0.3 is 0 Å². The van der Waals surface area contributed by atoms with E-state index < -0.39 is 23.5 Å². The number of rotatable bonds is 4. The van der Waals surface area contributed by atoms with Crippen molar-refractivity contribution in [3.05, 3.63) is 23.4 Å². The van der Waals surface area contributed by atoms with E-state index in [1.54, 1.807) is 7.05 Å². The first kappa shape index (κ1) is 22.3. The summed E-state index contributed by atoms with van der Waals surface area (Å²) in [7, 11) is 1.60. The highest BCUT2D eigenvalue weighted by Gasteiger charge is 2.34. The van der Waals surface area contributed by atoms with Crippen LogP contribution in [0.2, 0.25) is 0 Å². The van der Waals surface area contributed by atoms with Crippen molar-refractivity contribution in [2.75, 3.05) is 31.1 Å². The number of piperidine rings is 3. The van der Waals surface area contributed by atoms with E-state index in [0.717, 1.165) is 31.8 Å². The molecule has 178 valence electrons. The van der Waals surface area contributed by atoms with Crippen molar-refractivity contribution in [2.24, 2.45) is 18.9 Å². The van der Waals surface area contributed by atoms with Crippen LogP contribution in [-0.2, 0) is 16.6 Å². The van der Waals surface area contributed by atoms with Gasteiger partial charge in [0.25, 0.3) is 0 Å². The zero-order valence-electron chi connectivity index (χ0n) is 19.0. The molecular formula is C24H31F2N5O2. The van der Waals surface area contributed by atoms with Crippen LogP contribution in [0.3, 0.4) is 0 Å². The molecule has 0 bridgehead atoms. The van der Waals surface area contributed by atoms with Crippen LogP contribution in [0.4, 0.5) is 14.5 Å². The average Bonchev–Trinajstić information content (AvgIpc) is 3.11. The normalized spacial score (nSPS) is 23.4. The van der Waals surface area contributed by atoms with Crippen molar-refractivity contribution in [3.63, 3.8) is 0 Å². The minimum absolute atomic E-state index is 0.000592. The van der Waals surface area contributed by atoms with Crippen LogP contribution >= 0.6 is 0 Å². The predicted octanol–water partition coefficient (Wildman–Crippen LogP) is 2.98. The smallest absolute Gasteiger partial charge is 0.235 e. The summed E-state index contributed by atoms with van der Waals surface area (Å²) in [6.07, 6.45) is 5.99. The number of imide groups is 1. The summed E-state index contributed by atoms with van der Waals surface area (Å²) in [5, 5.41) is 10.4. The zero-order valence-corrected chi connectivity index (χ0v) is 19.0. The Morgan fingerprint density at radius 3 is 2.45 bits per heavy atom. The molecule has 5 rings (SSSR count). The quantitative estimate of drug-likeness (QED) is 0.688. The lowest BCUT2D eigenvalue weighted by Gasteiger charge is -2.36. The minimum atomic E-state index is -0.693. The monoisotopic (exact) mass is 459 g/mol. The van der Waals surface area contributed by atoms with Gasteiger partial charge in [0.15, 0.2) is 5.82 Å². The third-order valence-corrected chi connectivity index (χ3v) is 7.65. The fourth-order valence-electron chi connectivity index (χ4n) is 5.86. The van der Waals surface area contributed by atoms with Gasteiger partial charge in [0, 0.05) is 31.9 Å². The van der Waals surface area contributed by atoms with Gasteiger partial charge in [0.2, 0.25) is 11.8 Å². The number of carbonyl (C=O) groups excluding carboxylic acids is 2. The molecule has 1 unspecified atom stereocenters. The van der Waals surface area contributed by atoms with Gasteiger partial charge in [0.05, 0.1) is 11.6 Å². The van der Waals surface area contributed by atoms with E-state index >= 15 is 8.78 Å². The highest BCUT2D eigenvalue weighted by molar-refractivity contribution is 6.02. The van der Waals surface area contributed by atoms with Crippen LogP contribution < -0.4 is 15.5 Å². The number of aromatic nitrogens is 2. The van der Waals surface area contributed by atoms with Crippen molar-refractivity contribution in [1.29, 1.82) is 0 Å². The number of hydrogen-bond acceptors (Lipinski definition) is 5. The molecule has 0 spiro atoms. The van der Waals surface area contributed by atoms with E-state index in [1.165, 1.54) is 30.0 Å². The lowest BCUT2D eigenvalue weighted by atomic mass is 9.83. The van der Waals surface area contributed by atoms with Crippen molar-refractivity contribution in [1.82, 2.24) is 20.4 Å². The standard InChI is InChI=1S/C24H31F2N5O2/c1-30-22-17(21(29-30)16-2-3-19(32)28-24(16)33)13-18(25)23(20(22)26)31-10-6-15(7-11-31)12-14-4-8-27-9-5-14/h13-16,27H,2-12H2,1H3,(H,28,32,33). The molecule has 3 aliphatic rings. The maximum Gasteiger partial charge on any atom is 0.235 e. The number of aryl methyl sites for hydroxylation is 1. The first-order chi connectivity index (χ1) is 15.9. The van der Waals surface area contributed by atoms with E-state index in [-0.39, 0.29) is 30.0 Å². The highest BCUT2D eigenvalue weighted by atomic mass is 19.1. The fourth-order valence-corrected chi connectivity index (χ4v) is 5.86.